The zero-order valence-corrected chi connectivity index (χ0v) is 13.3. The van der Waals surface area contributed by atoms with Gasteiger partial charge in [-0.15, -0.1) is 5.10 Å². The van der Waals surface area contributed by atoms with Gasteiger partial charge in [-0.3, -0.25) is 0 Å². The average Bonchev–Trinajstić information content (AvgIpc) is 3.20. The fourth-order valence-electron chi connectivity index (χ4n) is 2.41. The summed E-state index contributed by atoms with van der Waals surface area (Å²) < 4.78 is 9.93. The summed E-state index contributed by atoms with van der Waals surface area (Å²) in [4.78, 5) is 1.22. The second-order valence-corrected chi connectivity index (χ2v) is 6.23. The van der Waals surface area contributed by atoms with E-state index in [1.807, 2.05) is 7.05 Å². The molecule has 1 aromatic carbocycles. The smallest absolute Gasteiger partial charge is 0.119 e. The Kier molecular flexibility index (Phi) is 4.51. The Bertz CT molecular complexity index is 577. The fourth-order valence-corrected chi connectivity index (χ4v) is 3.25. The van der Waals surface area contributed by atoms with Crippen molar-refractivity contribution < 1.29 is 4.74 Å². The van der Waals surface area contributed by atoms with E-state index in [0.717, 1.165) is 24.3 Å². The van der Waals surface area contributed by atoms with E-state index in [9.17, 15) is 0 Å². The molecule has 1 heterocycles. The predicted octanol–water partition coefficient (Wildman–Crippen LogP) is 3.34. The number of benzene rings is 1. The Morgan fingerprint density at radius 3 is 2.71 bits per heavy atom. The Balaban J connectivity index is 1.79. The van der Waals surface area contributed by atoms with Crippen LogP contribution in [0.5, 0.6) is 5.75 Å². The van der Waals surface area contributed by atoms with Gasteiger partial charge in [-0.25, -0.2) is 0 Å². The number of rotatable bonds is 7. The fraction of sp³-hybridized carbons (Fsp3) is 0.500. The van der Waals surface area contributed by atoms with E-state index in [2.05, 4.69) is 46.1 Å². The van der Waals surface area contributed by atoms with Crippen LogP contribution in [0.3, 0.4) is 0 Å². The summed E-state index contributed by atoms with van der Waals surface area (Å²) in [6.45, 7) is 2.17. The molecule has 0 aliphatic heterocycles. The van der Waals surface area contributed by atoms with Gasteiger partial charge in [-0.2, -0.15) is 0 Å². The van der Waals surface area contributed by atoms with Gasteiger partial charge in [-0.1, -0.05) is 30.0 Å². The Hall–Kier alpha value is -1.46. The molecule has 1 saturated carbocycles. The third-order valence-electron chi connectivity index (χ3n) is 3.66. The number of aromatic nitrogens is 2. The van der Waals surface area contributed by atoms with E-state index in [0.29, 0.717) is 6.10 Å². The topological polar surface area (TPSA) is 47.0 Å². The Morgan fingerprint density at radius 1 is 1.33 bits per heavy atom. The van der Waals surface area contributed by atoms with Gasteiger partial charge in [0, 0.05) is 0 Å². The van der Waals surface area contributed by atoms with Crippen molar-refractivity contribution in [3.05, 3.63) is 40.4 Å². The number of nitrogens with zero attached hydrogens (tertiary/aromatic N) is 2. The number of hydrogen-bond donors (Lipinski definition) is 1. The number of nitrogens with one attached hydrogen (secondary N) is 1. The maximum Gasteiger partial charge on any atom is 0.119 e. The van der Waals surface area contributed by atoms with Gasteiger partial charge in [0.05, 0.1) is 22.7 Å². The largest absolute Gasteiger partial charge is 0.490 e. The predicted molar refractivity (Wildman–Crippen MR) is 84.9 cm³/mol. The summed E-state index contributed by atoms with van der Waals surface area (Å²) >= 11 is 1.49. The third-order valence-corrected chi connectivity index (χ3v) is 4.49. The highest BCUT2D eigenvalue weighted by molar-refractivity contribution is 7.05. The summed E-state index contributed by atoms with van der Waals surface area (Å²) in [6, 6.07) is 8.54. The van der Waals surface area contributed by atoms with Crippen LogP contribution in [0.1, 0.15) is 48.4 Å². The molecule has 1 N–H and O–H groups in total. The first kappa shape index (κ1) is 14.5. The summed E-state index contributed by atoms with van der Waals surface area (Å²) in [5.41, 5.74) is 2.34. The van der Waals surface area contributed by atoms with Crippen molar-refractivity contribution in [2.24, 2.45) is 0 Å². The van der Waals surface area contributed by atoms with Crippen molar-refractivity contribution in [1.29, 1.82) is 0 Å². The van der Waals surface area contributed by atoms with Crippen LogP contribution in [-0.4, -0.2) is 22.7 Å². The zero-order valence-electron chi connectivity index (χ0n) is 12.5. The highest BCUT2D eigenvalue weighted by Crippen LogP contribution is 2.30. The van der Waals surface area contributed by atoms with E-state index < -0.39 is 0 Å². The summed E-state index contributed by atoms with van der Waals surface area (Å²) in [5.74, 6) is 0.965. The minimum atomic E-state index is 0.154. The van der Waals surface area contributed by atoms with Gasteiger partial charge >= 0.3 is 0 Å². The Labute approximate surface area is 129 Å². The number of aryl methyl sites for hydroxylation is 1. The van der Waals surface area contributed by atoms with Crippen LogP contribution in [0.15, 0.2) is 24.3 Å². The first-order chi connectivity index (χ1) is 10.3. The van der Waals surface area contributed by atoms with Crippen molar-refractivity contribution >= 4 is 11.5 Å². The first-order valence-corrected chi connectivity index (χ1v) is 8.34. The molecular formula is C16H21N3OS. The van der Waals surface area contributed by atoms with Crippen LogP contribution in [0, 0.1) is 0 Å². The Morgan fingerprint density at radius 2 is 2.10 bits per heavy atom. The lowest BCUT2D eigenvalue weighted by Gasteiger charge is -2.16. The minimum Gasteiger partial charge on any atom is -0.490 e. The van der Waals surface area contributed by atoms with Gasteiger partial charge in [0.25, 0.3) is 0 Å². The normalized spacial score (nSPS) is 15.9. The van der Waals surface area contributed by atoms with Crippen LogP contribution in [-0.2, 0) is 6.42 Å². The SMILES string of the molecule is CCCc1nnsc1C(NC)c1ccc(OC2CC2)cc1. The molecule has 3 rings (SSSR count). The van der Waals surface area contributed by atoms with Gasteiger partial charge < -0.3 is 10.1 Å². The molecule has 2 aromatic rings. The lowest BCUT2D eigenvalue weighted by atomic mass is 10.0. The van der Waals surface area contributed by atoms with Crippen molar-refractivity contribution in [3.63, 3.8) is 0 Å². The molecule has 1 aliphatic rings. The second kappa shape index (κ2) is 6.54. The molecule has 1 aromatic heterocycles. The molecule has 1 unspecified atom stereocenters. The van der Waals surface area contributed by atoms with Crippen LogP contribution < -0.4 is 10.1 Å². The average molecular weight is 303 g/mol. The van der Waals surface area contributed by atoms with Gasteiger partial charge in [0.2, 0.25) is 0 Å². The molecule has 1 aliphatic carbocycles. The van der Waals surface area contributed by atoms with Gasteiger partial charge in [-0.05, 0) is 55.5 Å². The van der Waals surface area contributed by atoms with E-state index in [1.165, 1.54) is 34.8 Å². The van der Waals surface area contributed by atoms with Crippen LogP contribution in [0.25, 0.3) is 0 Å². The maximum absolute atomic E-state index is 5.80. The molecule has 0 saturated heterocycles. The van der Waals surface area contributed by atoms with Crippen LogP contribution in [0.2, 0.25) is 0 Å². The summed E-state index contributed by atoms with van der Waals surface area (Å²) in [5, 5.41) is 7.65. The molecule has 1 atom stereocenters. The van der Waals surface area contributed by atoms with Crippen molar-refractivity contribution in [1.82, 2.24) is 14.9 Å². The monoisotopic (exact) mass is 303 g/mol. The van der Waals surface area contributed by atoms with Gasteiger partial charge in [0.15, 0.2) is 0 Å². The first-order valence-electron chi connectivity index (χ1n) is 7.56. The quantitative estimate of drug-likeness (QED) is 0.852. The third kappa shape index (κ3) is 3.41. The zero-order chi connectivity index (χ0) is 14.7. The number of hydrogen-bond acceptors (Lipinski definition) is 5. The van der Waals surface area contributed by atoms with E-state index in [-0.39, 0.29) is 6.04 Å². The molecule has 4 nitrogen and oxygen atoms in total. The standard InChI is InChI=1S/C16H21N3OS/c1-3-4-14-16(21-19-18-14)15(17-2)11-5-7-12(8-6-11)20-13-9-10-13/h5-8,13,15,17H,3-4,9-10H2,1-2H3. The summed E-state index contributed by atoms with van der Waals surface area (Å²) in [7, 11) is 1.98. The molecule has 21 heavy (non-hydrogen) atoms. The lowest BCUT2D eigenvalue weighted by Crippen LogP contribution is -2.18. The lowest BCUT2D eigenvalue weighted by molar-refractivity contribution is 0.303. The molecule has 0 amide bonds. The van der Waals surface area contributed by atoms with Crippen LogP contribution in [0.4, 0.5) is 0 Å². The van der Waals surface area contributed by atoms with E-state index in [4.69, 9.17) is 4.74 Å². The van der Waals surface area contributed by atoms with Gasteiger partial charge in [0.1, 0.15) is 5.75 Å². The van der Waals surface area contributed by atoms with Crippen LogP contribution >= 0.6 is 11.5 Å². The van der Waals surface area contributed by atoms with Crippen molar-refractivity contribution in [2.45, 2.75) is 44.8 Å². The summed E-state index contributed by atoms with van der Waals surface area (Å²) in [6.07, 6.45) is 4.88. The molecule has 0 radical (unpaired) electrons. The van der Waals surface area contributed by atoms with E-state index in [1.54, 1.807) is 0 Å². The number of ether oxygens (including phenoxy) is 1. The maximum atomic E-state index is 5.80. The molecule has 1 fully saturated rings. The highest BCUT2D eigenvalue weighted by Gasteiger charge is 2.24. The minimum absolute atomic E-state index is 0.154. The highest BCUT2D eigenvalue weighted by atomic mass is 32.1. The molecule has 0 bridgehead atoms. The second-order valence-electron chi connectivity index (χ2n) is 5.44. The molecular weight excluding hydrogens is 282 g/mol. The molecule has 112 valence electrons. The van der Waals surface area contributed by atoms with Crippen molar-refractivity contribution in [2.75, 3.05) is 7.05 Å². The van der Waals surface area contributed by atoms with Crippen molar-refractivity contribution in [3.8, 4) is 5.75 Å². The molecule has 0 spiro atoms. The molecule has 5 heteroatoms. The van der Waals surface area contributed by atoms with E-state index >= 15 is 0 Å².